The minimum Gasteiger partial charge on any atom is -0.267 e. The van der Waals surface area contributed by atoms with Gasteiger partial charge in [-0.25, -0.2) is 14.5 Å². The molecule has 8 heteroatoms. The lowest BCUT2D eigenvalue weighted by molar-refractivity contribution is 0.218. The molecule has 0 radical (unpaired) electrons. The maximum atomic E-state index is 5.97. The van der Waals surface area contributed by atoms with Crippen LogP contribution in [0.2, 0.25) is 5.02 Å². The molecular weight excluding hydrogens is 452 g/mol. The molecular formula is C25H25ClN6S. The average Bonchev–Trinajstić information content (AvgIpc) is 3.48. The first-order chi connectivity index (χ1) is 15.8. The van der Waals surface area contributed by atoms with Gasteiger partial charge >= 0.3 is 0 Å². The molecule has 0 aliphatic heterocycles. The third-order valence-corrected chi connectivity index (χ3v) is 8.13. The van der Waals surface area contributed by atoms with Gasteiger partial charge in [0.2, 0.25) is 0 Å². The molecule has 6 nitrogen and oxygen atoms in total. The molecule has 0 fully saturated rings. The smallest absolute Gasteiger partial charge is 0.182 e. The molecule has 6 rings (SSSR count). The summed E-state index contributed by atoms with van der Waals surface area (Å²) in [5.41, 5.74) is 4.81. The zero-order valence-corrected chi connectivity index (χ0v) is 20.5. The Kier molecular flexibility index (Phi) is 4.82. The highest BCUT2D eigenvalue weighted by molar-refractivity contribution is 7.19. The summed E-state index contributed by atoms with van der Waals surface area (Å²) in [5.74, 6) is 1.43. The van der Waals surface area contributed by atoms with Crippen molar-refractivity contribution in [3.63, 3.8) is 0 Å². The zero-order chi connectivity index (χ0) is 22.7. The Morgan fingerprint density at radius 1 is 1.18 bits per heavy atom. The molecule has 0 unspecified atom stereocenters. The SMILES string of the molecule is CC(C)(C)[C@@H]1CCc2c(sc3ncn4nc(-c5ccc(Cn6cc(Cl)cn6)cc5)nc4c23)C1. The van der Waals surface area contributed by atoms with Crippen molar-refractivity contribution in [2.45, 2.75) is 46.6 Å². The maximum absolute atomic E-state index is 5.97. The predicted molar refractivity (Wildman–Crippen MR) is 133 cm³/mol. The van der Waals surface area contributed by atoms with E-state index in [4.69, 9.17) is 26.7 Å². The van der Waals surface area contributed by atoms with Crippen molar-refractivity contribution in [1.82, 2.24) is 29.4 Å². The molecule has 0 bridgehead atoms. The van der Waals surface area contributed by atoms with Gasteiger partial charge in [0.15, 0.2) is 11.5 Å². The maximum Gasteiger partial charge on any atom is 0.182 e. The lowest BCUT2D eigenvalue weighted by Crippen LogP contribution is -2.26. The highest BCUT2D eigenvalue weighted by Crippen LogP contribution is 2.43. The number of benzene rings is 1. The van der Waals surface area contributed by atoms with E-state index >= 15 is 0 Å². The van der Waals surface area contributed by atoms with Gasteiger partial charge < -0.3 is 0 Å². The van der Waals surface area contributed by atoms with Crippen LogP contribution in [0.3, 0.4) is 0 Å². The summed E-state index contributed by atoms with van der Waals surface area (Å²) in [6, 6.07) is 8.31. The van der Waals surface area contributed by atoms with Gasteiger partial charge in [0.1, 0.15) is 11.2 Å². The number of hydrogen-bond acceptors (Lipinski definition) is 5. The van der Waals surface area contributed by atoms with Gasteiger partial charge in [-0.2, -0.15) is 5.10 Å². The summed E-state index contributed by atoms with van der Waals surface area (Å²) in [6.45, 7) is 7.73. The van der Waals surface area contributed by atoms with Crippen LogP contribution in [0.1, 0.15) is 43.2 Å². The first-order valence-corrected chi connectivity index (χ1v) is 12.5. The van der Waals surface area contributed by atoms with Crippen molar-refractivity contribution in [2.75, 3.05) is 0 Å². The van der Waals surface area contributed by atoms with E-state index in [-0.39, 0.29) is 0 Å². The average molecular weight is 477 g/mol. The molecule has 4 aromatic heterocycles. The summed E-state index contributed by atoms with van der Waals surface area (Å²) in [5, 5.41) is 10.8. The molecule has 1 atom stereocenters. The minimum atomic E-state index is 0.328. The molecule has 1 aliphatic carbocycles. The van der Waals surface area contributed by atoms with Crippen LogP contribution in [0.15, 0.2) is 43.0 Å². The third-order valence-electron chi connectivity index (χ3n) is 6.77. The van der Waals surface area contributed by atoms with Gasteiger partial charge in [-0.3, -0.25) is 4.68 Å². The number of aryl methyl sites for hydroxylation is 1. The Morgan fingerprint density at radius 3 is 2.73 bits per heavy atom. The van der Waals surface area contributed by atoms with Crippen LogP contribution < -0.4 is 0 Å². The number of nitrogens with zero attached hydrogens (tertiary/aromatic N) is 6. The molecule has 0 N–H and O–H groups in total. The first kappa shape index (κ1) is 20.8. The highest BCUT2D eigenvalue weighted by atomic mass is 35.5. The monoisotopic (exact) mass is 476 g/mol. The quantitative estimate of drug-likeness (QED) is 0.317. The van der Waals surface area contributed by atoms with Crippen molar-refractivity contribution in [2.24, 2.45) is 11.3 Å². The molecule has 0 amide bonds. The number of fused-ring (bicyclic) bond motifs is 5. The molecule has 1 aliphatic rings. The van der Waals surface area contributed by atoms with Crippen LogP contribution in [0.5, 0.6) is 0 Å². The molecule has 0 saturated carbocycles. The lowest BCUT2D eigenvalue weighted by Gasteiger charge is -2.33. The summed E-state index contributed by atoms with van der Waals surface area (Å²) in [4.78, 5) is 12.2. The van der Waals surface area contributed by atoms with E-state index in [1.807, 2.05) is 26.7 Å². The first-order valence-electron chi connectivity index (χ1n) is 11.3. The lowest BCUT2D eigenvalue weighted by atomic mass is 9.72. The van der Waals surface area contributed by atoms with Crippen LogP contribution in [0, 0.1) is 11.3 Å². The number of rotatable bonds is 3. The highest BCUT2D eigenvalue weighted by Gasteiger charge is 2.31. The molecule has 1 aromatic carbocycles. The Labute approximate surface area is 201 Å². The van der Waals surface area contributed by atoms with E-state index in [1.54, 1.807) is 12.5 Å². The van der Waals surface area contributed by atoms with Crippen LogP contribution in [0.4, 0.5) is 0 Å². The second kappa shape index (κ2) is 7.64. The van der Waals surface area contributed by atoms with Crippen LogP contribution in [-0.2, 0) is 19.4 Å². The number of thiophene rings is 1. The normalized spacial score (nSPS) is 16.5. The van der Waals surface area contributed by atoms with Gasteiger partial charge in [-0.05, 0) is 41.7 Å². The van der Waals surface area contributed by atoms with E-state index < -0.39 is 0 Å². The van der Waals surface area contributed by atoms with Crippen molar-refractivity contribution in [3.8, 4) is 11.4 Å². The fourth-order valence-corrected chi connectivity index (χ4v) is 6.22. The molecule has 0 saturated heterocycles. The Morgan fingerprint density at radius 2 is 2.00 bits per heavy atom. The summed E-state index contributed by atoms with van der Waals surface area (Å²) in [6.07, 6.45) is 8.71. The summed E-state index contributed by atoms with van der Waals surface area (Å²) < 4.78 is 3.66. The largest absolute Gasteiger partial charge is 0.267 e. The Hall–Kier alpha value is -2.77. The number of hydrogen-bond donors (Lipinski definition) is 0. The van der Waals surface area contributed by atoms with Gasteiger partial charge in [-0.15, -0.1) is 16.4 Å². The Balaban J connectivity index is 1.34. The predicted octanol–water partition coefficient (Wildman–Crippen LogP) is 6.06. The number of aromatic nitrogens is 6. The van der Waals surface area contributed by atoms with E-state index in [9.17, 15) is 0 Å². The fraction of sp³-hybridized carbons (Fsp3) is 0.360. The van der Waals surface area contributed by atoms with Crippen molar-refractivity contribution in [1.29, 1.82) is 0 Å². The van der Waals surface area contributed by atoms with Crippen molar-refractivity contribution in [3.05, 3.63) is 64.0 Å². The van der Waals surface area contributed by atoms with E-state index in [0.29, 0.717) is 22.9 Å². The molecule has 5 aromatic rings. The van der Waals surface area contributed by atoms with Crippen molar-refractivity contribution < 1.29 is 0 Å². The number of halogens is 1. The van der Waals surface area contributed by atoms with Gasteiger partial charge in [0.25, 0.3) is 0 Å². The van der Waals surface area contributed by atoms with E-state index in [2.05, 4.69) is 50.1 Å². The Bertz CT molecular complexity index is 1470. The molecule has 33 heavy (non-hydrogen) atoms. The third kappa shape index (κ3) is 3.73. The summed E-state index contributed by atoms with van der Waals surface area (Å²) >= 11 is 7.80. The standard InChI is InChI=1S/C25H25ClN6S/c1-25(2,3)17-8-9-19-20(10-17)33-24-21(19)23-29-22(30-32(23)14-27-24)16-6-4-15(5-7-16)12-31-13-18(26)11-28-31/h4-7,11,13-14,17H,8-10,12H2,1-3H3/t17-/m1/s1. The second-order valence-electron chi connectivity index (χ2n) is 9.99. The summed E-state index contributed by atoms with van der Waals surface area (Å²) in [7, 11) is 0. The van der Waals surface area contributed by atoms with Gasteiger partial charge in [-0.1, -0.05) is 56.6 Å². The fourth-order valence-electron chi connectivity index (χ4n) is 4.81. The van der Waals surface area contributed by atoms with Crippen molar-refractivity contribution >= 4 is 38.8 Å². The van der Waals surface area contributed by atoms with Gasteiger partial charge in [0.05, 0.1) is 23.2 Å². The zero-order valence-electron chi connectivity index (χ0n) is 18.9. The van der Waals surface area contributed by atoms with E-state index in [1.165, 1.54) is 22.2 Å². The molecule has 4 heterocycles. The van der Waals surface area contributed by atoms with Crippen LogP contribution in [-0.4, -0.2) is 29.4 Å². The second-order valence-corrected chi connectivity index (χ2v) is 11.5. The van der Waals surface area contributed by atoms with E-state index in [0.717, 1.165) is 40.3 Å². The minimum absolute atomic E-state index is 0.328. The van der Waals surface area contributed by atoms with Gasteiger partial charge in [0, 0.05) is 16.6 Å². The van der Waals surface area contributed by atoms with Crippen LogP contribution in [0.25, 0.3) is 27.3 Å². The molecule has 168 valence electrons. The molecule has 0 spiro atoms. The topological polar surface area (TPSA) is 60.9 Å². The van der Waals surface area contributed by atoms with Crippen LogP contribution >= 0.6 is 22.9 Å².